The molecule has 1 fully saturated rings. The molecule has 0 atom stereocenters. The number of carbonyl (C=O) groups is 1. The molecule has 1 aromatic carbocycles. The lowest BCUT2D eigenvalue weighted by Gasteiger charge is -2.38. The van der Waals surface area contributed by atoms with Gasteiger partial charge in [0.1, 0.15) is 0 Å². The number of methoxy groups -OCH3 is 1. The molecule has 1 aliphatic carbocycles. The largest absolute Gasteiger partial charge is 0.465 e. The van der Waals surface area contributed by atoms with Crippen LogP contribution >= 0.6 is 12.4 Å². The van der Waals surface area contributed by atoms with E-state index in [1.165, 1.54) is 19.2 Å². The molecular weight excluding hydrogens is 328 g/mol. The summed E-state index contributed by atoms with van der Waals surface area (Å²) in [5.74, 6) is -0.569. The highest BCUT2D eigenvalue weighted by atomic mass is 35.5. The normalized spacial score (nSPS) is 16.3. The topological polar surface area (TPSA) is 98.5 Å². The van der Waals surface area contributed by atoms with Gasteiger partial charge in [-0.1, -0.05) is 6.07 Å². The van der Waals surface area contributed by atoms with Crippen LogP contribution in [0.25, 0.3) is 0 Å². The molecule has 0 bridgehead atoms. The Morgan fingerprint density at radius 2 is 2.05 bits per heavy atom. The average Bonchev–Trinajstić information content (AvgIpc) is 2.42. The molecule has 0 unspecified atom stereocenters. The van der Waals surface area contributed by atoms with E-state index in [0.717, 1.165) is 19.3 Å². The van der Waals surface area contributed by atoms with Gasteiger partial charge in [0.2, 0.25) is 10.0 Å². The molecule has 0 amide bonds. The molecule has 1 aliphatic rings. The summed E-state index contributed by atoms with van der Waals surface area (Å²) in [6.45, 7) is 1.88. The molecule has 0 saturated heterocycles. The molecule has 124 valence electrons. The quantitative estimate of drug-likeness (QED) is 0.783. The van der Waals surface area contributed by atoms with Gasteiger partial charge in [-0.25, -0.2) is 17.9 Å². The van der Waals surface area contributed by atoms with Crippen LogP contribution in [0, 0.1) is 6.92 Å². The number of carbonyl (C=O) groups excluding carboxylic acids is 1. The summed E-state index contributed by atoms with van der Waals surface area (Å²) in [5.41, 5.74) is 6.35. The number of rotatable bonds is 5. The first-order valence-corrected chi connectivity index (χ1v) is 8.23. The second-order valence-electron chi connectivity index (χ2n) is 5.51. The smallest absolute Gasteiger partial charge is 0.337 e. The van der Waals surface area contributed by atoms with Crippen LogP contribution < -0.4 is 10.5 Å². The number of ether oxygens (including phenoxy) is 1. The number of hydrogen-bond donors (Lipinski definition) is 2. The van der Waals surface area contributed by atoms with Gasteiger partial charge in [-0.05, 0) is 43.9 Å². The zero-order valence-corrected chi connectivity index (χ0v) is 14.2. The molecule has 2 rings (SSSR count). The van der Waals surface area contributed by atoms with Crippen LogP contribution in [0.2, 0.25) is 0 Å². The number of esters is 1. The molecule has 6 nitrogen and oxygen atoms in total. The van der Waals surface area contributed by atoms with E-state index in [0.29, 0.717) is 5.56 Å². The first-order chi connectivity index (χ1) is 9.77. The van der Waals surface area contributed by atoms with E-state index >= 15 is 0 Å². The summed E-state index contributed by atoms with van der Waals surface area (Å²) in [6.07, 6.45) is 2.66. The maximum Gasteiger partial charge on any atom is 0.337 e. The van der Waals surface area contributed by atoms with Crippen molar-refractivity contribution in [1.82, 2.24) is 4.72 Å². The standard InChI is InChI=1S/C14H20N2O4S.ClH/c1-10-4-5-11(13(17)20-2)8-12(10)21(18,19)16-9-14(15)6-3-7-14;/h4-5,8,16H,3,6-7,9,15H2,1-2H3;1H. The van der Waals surface area contributed by atoms with E-state index in [1.807, 2.05) is 0 Å². The maximum atomic E-state index is 12.4. The van der Waals surface area contributed by atoms with Crippen molar-refractivity contribution >= 4 is 28.4 Å². The van der Waals surface area contributed by atoms with E-state index in [4.69, 9.17) is 5.73 Å². The molecule has 1 saturated carbocycles. The first kappa shape index (κ1) is 18.9. The number of hydrogen-bond acceptors (Lipinski definition) is 5. The number of halogens is 1. The molecule has 1 aromatic rings. The van der Waals surface area contributed by atoms with Crippen LogP contribution in [-0.2, 0) is 14.8 Å². The van der Waals surface area contributed by atoms with E-state index in [1.54, 1.807) is 13.0 Å². The Kier molecular flexibility index (Phi) is 5.97. The van der Waals surface area contributed by atoms with Crippen molar-refractivity contribution < 1.29 is 17.9 Å². The molecule has 0 spiro atoms. The van der Waals surface area contributed by atoms with E-state index in [9.17, 15) is 13.2 Å². The van der Waals surface area contributed by atoms with Crippen molar-refractivity contribution in [3.8, 4) is 0 Å². The lowest BCUT2D eigenvalue weighted by Crippen LogP contribution is -2.54. The Morgan fingerprint density at radius 1 is 1.41 bits per heavy atom. The van der Waals surface area contributed by atoms with Crippen molar-refractivity contribution in [2.75, 3.05) is 13.7 Å². The van der Waals surface area contributed by atoms with E-state index in [2.05, 4.69) is 9.46 Å². The van der Waals surface area contributed by atoms with Crippen molar-refractivity contribution in [2.24, 2.45) is 5.73 Å². The number of aryl methyl sites for hydroxylation is 1. The summed E-state index contributed by atoms with van der Waals surface area (Å²) in [7, 11) is -2.45. The summed E-state index contributed by atoms with van der Waals surface area (Å²) in [4.78, 5) is 11.6. The second kappa shape index (κ2) is 6.95. The van der Waals surface area contributed by atoms with Crippen molar-refractivity contribution in [1.29, 1.82) is 0 Å². The molecule has 0 aliphatic heterocycles. The van der Waals surface area contributed by atoms with Crippen LogP contribution in [0.15, 0.2) is 23.1 Å². The van der Waals surface area contributed by atoms with Gasteiger partial charge in [0.25, 0.3) is 0 Å². The Bertz CT molecular complexity index is 657. The summed E-state index contributed by atoms with van der Waals surface area (Å²) >= 11 is 0. The Hall–Kier alpha value is -1.15. The van der Waals surface area contributed by atoms with Gasteiger partial charge in [-0.3, -0.25) is 0 Å². The van der Waals surface area contributed by atoms with Crippen LogP contribution in [0.5, 0.6) is 0 Å². The van der Waals surface area contributed by atoms with Gasteiger partial charge in [-0.15, -0.1) is 12.4 Å². The van der Waals surface area contributed by atoms with Gasteiger partial charge >= 0.3 is 5.97 Å². The SMILES string of the molecule is COC(=O)c1ccc(C)c(S(=O)(=O)NCC2(N)CCC2)c1.Cl. The van der Waals surface area contributed by atoms with E-state index in [-0.39, 0.29) is 29.4 Å². The van der Waals surface area contributed by atoms with Gasteiger partial charge in [0.15, 0.2) is 0 Å². The van der Waals surface area contributed by atoms with Gasteiger partial charge in [-0.2, -0.15) is 0 Å². The van der Waals surface area contributed by atoms with Crippen LogP contribution in [0.3, 0.4) is 0 Å². The molecule has 22 heavy (non-hydrogen) atoms. The fraction of sp³-hybridized carbons (Fsp3) is 0.500. The zero-order chi connectivity index (χ0) is 15.7. The lowest BCUT2D eigenvalue weighted by molar-refractivity contribution is 0.0600. The minimum atomic E-state index is -3.70. The Morgan fingerprint density at radius 3 is 2.55 bits per heavy atom. The first-order valence-electron chi connectivity index (χ1n) is 6.75. The zero-order valence-electron chi connectivity index (χ0n) is 12.6. The molecule has 3 N–H and O–H groups in total. The predicted octanol–water partition coefficient (Wildman–Crippen LogP) is 1.36. The van der Waals surface area contributed by atoms with Crippen LogP contribution in [-0.4, -0.2) is 33.6 Å². The summed E-state index contributed by atoms with van der Waals surface area (Å²) < 4.78 is 31.9. The molecular formula is C14H21ClN2O4S. The molecule has 0 heterocycles. The number of nitrogens with two attached hydrogens (primary N) is 1. The van der Waals surface area contributed by atoms with Crippen molar-refractivity contribution in [3.05, 3.63) is 29.3 Å². The highest BCUT2D eigenvalue weighted by Crippen LogP contribution is 2.28. The highest BCUT2D eigenvalue weighted by Gasteiger charge is 2.34. The second-order valence-corrected chi connectivity index (χ2v) is 7.25. The van der Waals surface area contributed by atoms with E-state index < -0.39 is 21.5 Å². The minimum absolute atomic E-state index is 0. The predicted molar refractivity (Wildman–Crippen MR) is 85.7 cm³/mol. The lowest BCUT2D eigenvalue weighted by atomic mass is 9.78. The van der Waals surface area contributed by atoms with Crippen LogP contribution in [0.1, 0.15) is 35.2 Å². The monoisotopic (exact) mass is 348 g/mol. The fourth-order valence-electron chi connectivity index (χ4n) is 2.26. The van der Waals surface area contributed by atoms with Crippen LogP contribution in [0.4, 0.5) is 0 Å². The highest BCUT2D eigenvalue weighted by molar-refractivity contribution is 7.89. The average molecular weight is 349 g/mol. The third kappa shape index (κ3) is 3.98. The third-order valence-corrected chi connectivity index (χ3v) is 5.41. The maximum absolute atomic E-state index is 12.4. The summed E-state index contributed by atoms with van der Waals surface area (Å²) in [6, 6.07) is 4.45. The van der Waals surface area contributed by atoms with Gasteiger partial charge < -0.3 is 10.5 Å². The Labute approximate surface area is 136 Å². The molecule has 8 heteroatoms. The van der Waals surface area contributed by atoms with Gasteiger partial charge in [0.05, 0.1) is 17.6 Å². The van der Waals surface area contributed by atoms with Crippen molar-refractivity contribution in [3.63, 3.8) is 0 Å². The number of benzene rings is 1. The number of nitrogens with one attached hydrogen (secondary N) is 1. The van der Waals surface area contributed by atoms with Crippen molar-refractivity contribution in [2.45, 2.75) is 36.6 Å². The fourth-order valence-corrected chi connectivity index (χ4v) is 3.67. The third-order valence-electron chi connectivity index (χ3n) is 3.86. The Balaban J connectivity index is 0.00000242. The number of sulfonamides is 1. The van der Waals surface area contributed by atoms with Gasteiger partial charge in [0, 0.05) is 12.1 Å². The summed E-state index contributed by atoms with van der Waals surface area (Å²) in [5, 5.41) is 0. The molecule has 0 radical (unpaired) electrons. The minimum Gasteiger partial charge on any atom is -0.465 e. The molecule has 0 aromatic heterocycles.